The average molecular weight is 457 g/mol. The van der Waals surface area contributed by atoms with Crippen molar-refractivity contribution in [1.82, 2.24) is 4.98 Å². The van der Waals surface area contributed by atoms with Crippen LogP contribution in [-0.2, 0) is 16.0 Å². The molecule has 0 radical (unpaired) electrons. The number of aliphatic hydroxyl groups excluding tert-OH is 1. The van der Waals surface area contributed by atoms with Gasteiger partial charge in [0.2, 0.25) is 0 Å². The zero-order chi connectivity index (χ0) is 24.4. The molecule has 1 aliphatic heterocycles. The summed E-state index contributed by atoms with van der Waals surface area (Å²) < 4.78 is 5.46. The van der Waals surface area contributed by atoms with Gasteiger partial charge in [0, 0.05) is 23.6 Å². The molecule has 4 rings (SSSR count). The van der Waals surface area contributed by atoms with Crippen LogP contribution in [0.2, 0.25) is 0 Å². The normalized spacial score (nSPS) is 17.4. The van der Waals surface area contributed by atoms with Crippen LogP contribution in [-0.4, -0.2) is 28.9 Å². The van der Waals surface area contributed by atoms with Crippen LogP contribution < -0.4 is 9.64 Å². The topological polar surface area (TPSA) is 79.7 Å². The molecule has 2 aromatic carbocycles. The van der Waals surface area contributed by atoms with Crippen LogP contribution in [0.15, 0.2) is 72.6 Å². The Morgan fingerprint density at radius 3 is 2.32 bits per heavy atom. The molecule has 6 heteroatoms. The Bertz CT molecular complexity index is 1250. The number of rotatable bonds is 6. The van der Waals surface area contributed by atoms with Gasteiger partial charge in [-0.1, -0.05) is 32.9 Å². The minimum Gasteiger partial charge on any atom is -0.507 e. The third-order valence-corrected chi connectivity index (χ3v) is 6.21. The Morgan fingerprint density at radius 1 is 1.06 bits per heavy atom. The Hall–Kier alpha value is -3.93. The first-order chi connectivity index (χ1) is 16.4. The molecule has 1 saturated heterocycles. The molecular formula is C28H28N2O4. The highest BCUT2D eigenvalue weighted by molar-refractivity contribution is 6.51. The molecule has 0 aliphatic carbocycles. The van der Waals surface area contributed by atoms with Crippen molar-refractivity contribution in [3.05, 3.63) is 94.8 Å². The van der Waals surface area contributed by atoms with Gasteiger partial charge in [-0.05, 0) is 71.5 Å². The van der Waals surface area contributed by atoms with E-state index in [1.54, 1.807) is 43.8 Å². The van der Waals surface area contributed by atoms with E-state index in [1.807, 2.05) is 44.2 Å². The third kappa shape index (κ3) is 4.07. The van der Waals surface area contributed by atoms with E-state index >= 15 is 0 Å². The van der Waals surface area contributed by atoms with Gasteiger partial charge in [0.05, 0.1) is 18.7 Å². The highest BCUT2D eigenvalue weighted by Gasteiger charge is 2.47. The number of anilines is 1. The van der Waals surface area contributed by atoms with Crippen molar-refractivity contribution in [3.8, 4) is 5.75 Å². The SMILES string of the molecule is CCc1ccc(N2C(=O)C(=O)/C(=C(\O)c3ccc(OC)c(C(C)C)c3)C2c2ccncc2)cc1. The number of aliphatic hydroxyl groups is 1. The Morgan fingerprint density at radius 2 is 1.74 bits per heavy atom. The van der Waals surface area contributed by atoms with Gasteiger partial charge >= 0.3 is 0 Å². The van der Waals surface area contributed by atoms with Crippen molar-refractivity contribution >= 4 is 23.1 Å². The van der Waals surface area contributed by atoms with E-state index in [1.165, 1.54) is 4.90 Å². The van der Waals surface area contributed by atoms with Gasteiger partial charge in [-0.15, -0.1) is 0 Å². The number of aryl methyl sites for hydroxylation is 1. The Kier molecular flexibility index (Phi) is 6.50. The molecule has 1 fully saturated rings. The van der Waals surface area contributed by atoms with Gasteiger partial charge in [-0.2, -0.15) is 0 Å². The van der Waals surface area contributed by atoms with E-state index in [-0.39, 0.29) is 17.3 Å². The summed E-state index contributed by atoms with van der Waals surface area (Å²) in [5, 5.41) is 11.4. The summed E-state index contributed by atoms with van der Waals surface area (Å²) in [6.07, 6.45) is 4.09. The lowest BCUT2D eigenvalue weighted by molar-refractivity contribution is -0.132. The number of hydrogen-bond acceptors (Lipinski definition) is 5. The average Bonchev–Trinajstić information content (AvgIpc) is 3.14. The van der Waals surface area contributed by atoms with E-state index in [0.717, 1.165) is 17.5 Å². The van der Waals surface area contributed by atoms with Crippen LogP contribution in [0.1, 0.15) is 55.0 Å². The molecule has 1 amide bonds. The number of ketones is 1. The van der Waals surface area contributed by atoms with E-state index < -0.39 is 17.7 Å². The molecule has 1 aromatic heterocycles. The predicted molar refractivity (Wildman–Crippen MR) is 132 cm³/mol. The van der Waals surface area contributed by atoms with Crippen molar-refractivity contribution in [2.75, 3.05) is 12.0 Å². The van der Waals surface area contributed by atoms with Gasteiger partial charge in [0.25, 0.3) is 11.7 Å². The van der Waals surface area contributed by atoms with Crippen molar-refractivity contribution in [2.24, 2.45) is 0 Å². The van der Waals surface area contributed by atoms with Crippen LogP contribution in [0.25, 0.3) is 5.76 Å². The molecular weight excluding hydrogens is 428 g/mol. The monoisotopic (exact) mass is 456 g/mol. The first kappa shape index (κ1) is 23.2. The second-order valence-corrected chi connectivity index (χ2v) is 8.58. The maximum absolute atomic E-state index is 13.3. The van der Waals surface area contributed by atoms with Gasteiger partial charge in [-0.25, -0.2) is 0 Å². The zero-order valence-electron chi connectivity index (χ0n) is 19.8. The first-order valence-corrected chi connectivity index (χ1v) is 11.4. The number of pyridine rings is 1. The summed E-state index contributed by atoms with van der Waals surface area (Å²) in [5.74, 6) is -0.768. The molecule has 1 atom stereocenters. The smallest absolute Gasteiger partial charge is 0.300 e. The summed E-state index contributed by atoms with van der Waals surface area (Å²) in [6.45, 7) is 6.10. The maximum Gasteiger partial charge on any atom is 0.300 e. The second-order valence-electron chi connectivity index (χ2n) is 8.58. The lowest BCUT2D eigenvalue weighted by atomic mass is 9.93. The lowest BCUT2D eigenvalue weighted by Crippen LogP contribution is -2.29. The number of aromatic nitrogens is 1. The van der Waals surface area contributed by atoms with Crippen molar-refractivity contribution in [3.63, 3.8) is 0 Å². The fourth-order valence-electron chi connectivity index (χ4n) is 4.34. The summed E-state index contributed by atoms with van der Waals surface area (Å²) in [4.78, 5) is 32.1. The van der Waals surface area contributed by atoms with E-state index in [0.29, 0.717) is 22.6 Å². The fraction of sp³-hybridized carbons (Fsp3) is 0.250. The van der Waals surface area contributed by atoms with E-state index in [9.17, 15) is 14.7 Å². The Balaban J connectivity index is 1.91. The molecule has 1 N–H and O–H groups in total. The van der Waals surface area contributed by atoms with Crippen molar-refractivity contribution < 1.29 is 19.4 Å². The highest BCUT2D eigenvalue weighted by atomic mass is 16.5. The Labute approximate surface area is 199 Å². The number of amides is 1. The number of hydrogen-bond donors (Lipinski definition) is 1. The van der Waals surface area contributed by atoms with Crippen LogP contribution >= 0.6 is 0 Å². The second kappa shape index (κ2) is 9.51. The minimum absolute atomic E-state index is 0.0515. The van der Waals surface area contributed by atoms with E-state index in [4.69, 9.17) is 4.74 Å². The molecule has 0 spiro atoms. The van der Waals surface area contributed by atoms with Gasteiger partial charge < -0.3 is 9.84 Å². The summed E-state index contributed by atoms with van der Waals surface area (Å²) in [7, 11) is 1.60. The molecule has 34 heavy (non-hydrogen) atoms. The predicted octanol–water partition coefficient (Wildman–Crippen LogP) is 5.40. The van der Waals surface area contributed by atoms with Gasteiger partial charge in [-0.3, -0.25) is 19.5 Å². The van der Waals surface area contributed by atoms with Crippen LogP contribution in [0.4, 0.5) is 5.69 Å². The molecule has 6 nitrogen and oxygen atoms in total. The fourth-order valence-corrected chi connectivity index (χ4v) is 4.34. The standard InChI is InChI=1S/C28H28N2O4/c1-5-18-6-9-21(10-7-18)30-25(19-12-14-29-15-13-19)24(27(32)28(30)33)26(31)20-8-11-23(34-4)22(16-20)17(2)3/h6-17,25,31H,5H2,1-4H3/b26-24-. The van der Waals surface area contributed by atoms with Crippen molar-refractivity contribution in [2.45, 2.75) is 39.2 Å². The summed E-state index contributed by atoms with van der Waals surface area (Å²) in [5.41, 5.74) is 3.82. The number of ether oxygens (including phenoxy) is 1. The van der Waals surface area contributed by atoms with Crippen molar-refractivity contribution in [1.29, 1.82) is 0 Å². The van der Waals surface area contributed by atoms with Crippen LogP contribution in [0.5, 0.6) is 5.75 Å². The first-order valence-electron chi connectivity index (χ1n) is 11.4. The number of Topliss-reactive ketones (excluding diaryl/α,β-unsaturated/α-hetero) is 1. The number of benzene rings is 2. The number of carbonyl (C=O) groups excluding carboxylic acids is 2. The number of carbonyl (C=O) groups is 2. The number of methoxy groups -OCH3 is 1. The quantitative estimate of drug-likeness (QED) is 0.305. The van der Waals surface area contributed by atoms with E-state index in [2.05, 4.69) is 11.9 Å². The van der Waals surface area contributed by atoms with Crippen LogP contribution in [0.3, 0.4) is 0 Å². The summed E-state index contributed by atoms with van der Waals surface area (Å²) in [6, 6.07) is 15.6. The molecule has 1 unspecified atom stereocenters. The third-order valence-electron chi connectivity index (χ3n) is 6.21. The minimum atomic E-state index is -0.778. The largest absolute Gasteiger partial charge is 0.507 e. The summed E-state index contributed by atoms with van der Waals surface area (Å²) >= 11 is 0. The molecule has 1 aliphatic rings. The van der Waals surface area contributed by atoms with Gasteiger partial charge in [0.15, 0.2) is 0 Å². The molecule has 174 valence electrons. The molecule has 2 heterocycles. The van der Waals surface area contributed by atoms with Gasteiger partial charge in [0.1, 0.15) is 11.5 Å². The maximum atomic E-state index is 13.3. The molecule has 0 saturated carbocycles. The number of nitrogens with zero attached hydrogens (tertiary/aromatic N) is 2. The van der Waals surface area contributed by atoms with Crippen LogP contribution in [0, 0.1) is 0 Å². The molecule has 3 aromatic rings. The zero-order valence-corrected chi connectivity index (χ0v) is 19.8. The highest BCUT2D eigenvalue weighted by Crippen LogP contribution is 2.42. The molecule has 0 bridgehead atoms. The lowest BCUT2D eigenvalue weighted by Gasteiger charge is -2.25.